The molecule has 0 amide bonds. The fourth-order valence-corrected chi connectivity index (χ4v) is 7.42. The molecule has 6 heteroatoms. The van der Waals surface area contributed by atoms with Crippen LogP contribution in [0.15, 0.2) is 71.1 Å². The zero-order valence-electron chi connectivity index (χ0n) is 26.5. The largest absolute Gasteiger partial charge is 0.455 e. The van der Waals surface area contributed by atoms with E-state index in [1.54, 1.807) is 7.85 Å². The minimum Gasteiger partial charge on any atom is -0.455 e. The smallest absolute Gasteiger partial charge is 0.164 e. The monoisotopic (exact) mass is 574 g/mol. The van der Waals surface area contributed by atoms with Crippen molar-refractivity contribution in [2.45, 2.75) is 52.4 Å². The van der Waals surface area contributed by atoms with Gasteiger partial charge in [0.2, 0.25) is 0 Å². The summed E-state index contributed by atoms with van der Waals surface area (Å²) < 4.78 is 22.8. The number of fused-ring (bicyclic) bond motifs is 6. The van der Waals surface area contributed by atoms with Crippen LogP contribution in [0.3, 0.4) is 0 Å². The molecule has 0 aliphatic heterocycles. The molecule has 1 aliphatic carbocycles. The van der Waals surface area contributed by atoms with Crippen LogP contribution >= 0.6 is 0 Å². The summed E-state index contributed by atoms with van der Waals surface area (Å²) in [5, 5.41) is 12.1. The molecule has 44 heavy (non-hydrogen) atoms. The van der Waals surface area contributed by atoms with Gasteiger partial charge in [-0.3, -0.25) is 4.98 Å². The van der Waals surface area contributed by atoms with Crippen LogP contribution in [0.1, 0.15) is 62.4 Å². The average Bonchev–Trinajstić information content (AvgIpc) is 3.46. The maximum atomic E-state index is 16.0. The Hall–Kier alpha value is -4.62. The lowest BCUT2D eigenvalue weighted by atomic mass is 9.76. The molecule has 0 atom stereocenters. The van der Waals surface area contributed by atoms with Gasteiger partial charge in [0.1, 0.15) is 24.8 Å². The first-order valence-corrected chi connectivity index (χ1v) is 15.2. The predicted octanol–water partition coefficient (Wildman–Crippen LogP) is 6.75. The molecule has 3 nitrogen and oxygen atoms in total. The second-order valence-electron chi connectivity index (χ2n) is 13.8. The van der Waals surface area contributed by atoms with Crippen LogP contribution in [-0.4, -0.2) is 20.7 Å². The molecular weight excluding hydrogens is 541 g/mol. The van der Waals surface area contributed by atoms with Crippen molar-refractivity contribution >= 4 is 48.7 Å². The molecule has 0 N–H and O–H groups in total. The van der Waals surface area contributed by atoms with Crippen molar-refractivity contribution in [3.63, 3.8) is 0 Å². The van der Waals surface area contributed by atoms with Gasteiger partial charge in [0.25, 0.3) is 0 Å². The SMILES string of the molecule is Bc1nc(-c2c(C)ccc3c2oc2c(-c4ccc5c(c4)-c4ccccc4C5(C)C)c(C#N)ccc23)c(B)c(F)c1C(C)(C)C. The van der Waals surface area contributed by atoms with Gasteiger partial charge in [-0.1, -0.05) is 83.1 Å². The molecule has 4 aromatic carbocycles. The zero-order valence-corrected chi connectivity index (χ0v) is 26.5. The van der Waals surface area contributed by atoms with E-state index in [-0.39, 0.29) is 16.6 Å². The Kier molecular flexibility index (Phi) is 6.04. The fraction of sp³-hybridized carbons (Fsp3) is 0.211. The van der Waals surface area contributed by atoms with E-state index < -0.39 is 0 Å². The Bertz CT molecular complexity index is 2250. The van der Waals surface area contributed by atoms with Gasteiger partial charge in [0.15, 0.2) is 7.85 Å². The highest BCUT2D eigenvalue weighted by atomic mass is 19.1. The molecule has 2 heterocycles. The van der Waals surface area contributed by atoms with Gasteiger partial charge in [-0.05, 0) is 69.4 Å². The zero-order chi connectivity index (χ0) is 31.3. The summed E-state index contributed by atoms with van der Waals surface area (Å²) in [5.41, 5.74) is 12.2. The standard InChI is InChI=1S/C38H33B2FN2O/c1-19-11-14-23-24-15-12-21(18-42)29(20-13-16-27-25(17-20)22-9-7-8-10-26(22)38(27,5)6)35(24)44-34(23)28(19)33-31(39)32(41)30(36(40)43-33)37(2,3)4/h7-17H,39-40H2,1-6H3. The molecule has 0 radical (unpaired) electrons. The molecule has 0 fully saturated rings. The highest BCUT2D eigenvalue weighted by molar-refractivity contribution is 6.38. The third-order valence-corrected chi connectivity index (χ3v) is 9.54. The van der Waals surface area contributed by atoms with Crippen LogP contribution in [0.2, 0.25) is 0 Å². The number of aryl methyl sites for hydroxylation is 1. The maximum Gasteiger partial charge on any atom is 0.164 e. The van der Waals surface area contributed by atoms with Crippen molar-refractivity contribution in [3.8, 4) is 39.6 Å². The molecule has 0 spiro atoms. The number of hydrogen-bond acceptors (Lipinski definition) is 3. The van der Waals surface area contributed by atoms with E-state index in [4.69, 9.17) is 9.40 Å². The van der Waals surface area contributed by atoms with Crippen LogP contribution in [0.5, 0.6) is 0 Å². The van der Waals surface area contributed by atoms with Crippen LogP contribution in [0.25, 0.3) is 55.4 Å². The fourth-order valence-electron chi connectivity index (χ4n) is 7.42. The Morgan fingerprint density at radius 2 is 1.52 bits per heavy atom. The Morgan fingerprint density at radius 3 is 2.23 bits per heavy atom. The number of nitrogens with zero attached hydrogens (tertiary/aromatic N) is 2. The molecule has 2 aromatic heterocycles. The third kappa shape index (κ3) is 3.85. The molecule has 0 unspecified atom stereocenters. The van der Waals surface area contributed by atoms with Gasteiger partial charge in [0, 0.05) is 38.5 Å². The number of halogens is 1. The van der Waals surface area contributed by atoms with Crippen LogP contribution in [-0.2, 0) is 10.8 Å². The summed E-state index contributed by atoms with van der Waals surface area (Å²) in [7, 11) is 3.68. The number of aromatic nitrogens is 1. The van der Waals surface area contributed by atoms with Gasteiger partial charge in [0.05, 0.1) is 17.3 Å². The van der Waals surface area contributed by atoms with E-state index in [0.717, 1.165) is 33.0 Å². The third-order valence-electron chi connectivity index (χ3n) is 9.54. The molecule has 7 rings (SSSR count). The minimum absolute atomic E-state index is 0.110. The summed E-state index contributed by atoms with van der Waals surface area (Å²) in [6.45, 7) is 12.6. The first-order valence-electron chi connectivity index (χ1n) is 15.2. The second kappa shape index (κ2) is 9.44. The Balaban J connectivity index is 1.52. The van der Waals surface area contributed by atoms with Crippen molar-refractivity contribution in [1.29, 1.82) is 5.26 Å². The van der Waals surface area contributed by atoms with Gasteiger partial charge in [-0.2, -0.15) is 5.26 Å². The highest BCUT2D eigenvalue weighted by Crippen LogP contribution is 2.50. The summed E-state index contributed by atoms with van der Waals surface area (Å²) in [6.07, 6.45) is 0. The topological polar surface area (TPSA) is 49.8 Å². The van der Waals surface area contributed by atoms with Crippen molar-refractivity contribution in [3.05, 3.63) is 100 Å². The molecule has 6 aromatic rings. The minimum atomic E-state index is -0.376. The first kappa shape index (κ1) is 28.2. The molecule has 0 bridgehead atoms. The van der Waals surface area contributed by atoms with E-state index in [1.807, 2.05) is 53.7 Å². The molecular formula is C38H33B2FN2O. The van der Waals surface area contributed by atoms with Crippen LogP contribution in [0, 0.1) is 24.1 Å². The number of rotatable bonds is 2. The predicted molar refractivity (Wildman–Crippen MR) is 184 cm³/mol. The highest BCUT2D eigenvalue weighted by Gasteiger charge is 2.35. The Morgan fingerprint density at radius 1 is 0.864 bits per heavy atom. The Labute approximate surface area is 259 Å². The number of pyridine rings is 1. The number of hydrogen-bond donors (Lipinski definition) is 0. The van der Waals surface area contributed by atoms with E-state index in [1.165, 1.54) is 22.3 Å². The summed E-state index contributed by atoms with van der Waals surface area (Å²) >= 11 is 0. The summed E-state index contributed by atoms with van der Waals surface area (Å²) in [5.74, 6) is -0.221. The molecule has 0 saturated heterocycles. The lowest BCUT2D eigenvalue weighted by Gasteiger charge is -2.24. The normalized spacial score (nSPS) is 13.7. The van der Waals surface area contributed by atoms with Crippen molar-refractivity contribution in [2.75, 3.05) is 0 Å². The quantitative estimate of drug-likeness (QED) is 0.215. The maximum absolute atomic E-state index is 16.0. The molecule has 214 valence electrons. The van der Waals surface area contributed by atoms with Crippen LogP contribution < -0.4 is 11.1 Å². The summed E-state index contributed by atoms with van der Waals surface area (Å²) in [6, 6.07) is 25.4. The van der Waals surface area contributed by atoms with Crippen molar-refractivity contribution < 1.29 is 8.81 Å². The van der Waals surface area contributed by atoms with E-state index in [0.29, 0.717) is 39.0 Å². The van der Waals surface area contributed by atoms with Gasteiger partial charge in [-0.15, -0.1) is 0 Å². The van der Waals surface area contributed by atoms with E-state index in [9.17, 15) is 5.26 Å². The number of furan rings is 1. The molecule has 0 saturated carbocycles. The number of nitriles is 1. The lowest BCUT2D eigenvalue weighted by Crippen LogP contribution is -2.34. The van der Waals surface area contributed by atoms with E-state index in [2.05, 4.69) is 68.4 Å². The van der Waals surface area contributed by atoms with Crippen LogP contribution in [0.4, 0.5) is 4.39 Å². The number of benzene rings is 4. The first-order chi connectivity index (χ1) is 20.8. The lowest BCUT2D eigenvalue weighted by molar-refractivity contribution is 0.529. The molecule has 1 aliphatic rings. The van der Waals surface area contributed by atoms with Gasteiger partial charge < -0.3 is 4.42 Å². The van der Waals surface area contributed by atoms with Crippen molar-refractivity contribution in [1.82, 2.24) is 4.98 Å². The summed E-state index contributed by atoms with van der Waals surface area (Å²) in [4.78, 5) is 4.99. The second-order valence-corrected chi connectivity index (χ2v) is 13.8. The van der Waals surface area contributed by atoms with Gasteiger partial charge in [-0.25, -0.2) is 4.39 Å². The van der Waals surface area contributed by atoms with Gasteiger partial charge >= 0.3 is 0 Å². The van der Waals surface area contributed by atoms with Crippen molar-refractivity contribution in [2.24, 2.45) is 0 Å². The average molecular weight is 574 g/mol. The van der Waals surface area contributed by atoms with E-state index >= 15 is 4.39 Å².